The number of benzene rings is 2. The van der Waals surface area contributed by atoms with Crippen LogP contribution in [-0.4, -0.2) is 14.8 Å². The summed E-state index contributed by atoms with van der Waals surface area (Å²) >= 11 is 0. The van der Waals surface area contributed by atoms with Crippen molar-refractivity contribution in [1.29, 1.82) is 0 Å². The van der Waals surface area contributed by atoms with Crippen molar-refractivity contribution in [1.82, 2.24) is 5.32 Å². The van der Waals surface area contributed by atoms with Crippen LogP contribution in [0, 0.1) is 6.92 Å². The van der Waals surface area contributed by atoms with Gasteiger partial charge in [0.1, 0.15) is 0 Å². The van der Waals surface area contributed by atoms with Crippen molar-refractivity contribution in [3.8, 4) is 0 Å². The third-order valence-corrected chi connectivity index (χ3v) is 4.94. The van der Waals surface area contributed by atoms with Gasteiger partial charge in [-0.2, -0.15) is 0 Å². The number of rotatable bonds is 5. The van der Waals surface area contributed by atoms with Gasteiger partial charge in [-0.1, -0.05) is 48.0 Å². The second-order valence-electron chi connectivity index (χ2n) is 4.43. The van der Waals surface area contributed by atoms with Gasteiger partial charge in [0.2, 0.25) is 16.2 Å². The van der Waals surface area contributed by atoms with E-state index >= 15 is 0 Å². The Bertz CT molecular complexity index is 679. The Kier molecular flexibility index (Phi) is 4.20. The monoisotopic (exact) mass is 289 g/mol. The lowest BCUT2D eigenvalue weighted by molar-refractivity contribution is -0.109. The molecule has 2 aromatic rings. The van der Waals surface area contributed by atoms with Crippen LogP contribution >= 0.6 is 0 Å². The molecule has 2 aromatic carbocycles. The van der Waals surface area contributed by atoms with Gasteiger partial charge < -0.3 is 5.32 Å². The highest BCUT2D eigenvalue weighted by Gasteiger charge is 2.28. The van der Waals surface area contributed by atoms with Crippen molar-refractivity contribution in [3.05, 3.63) is 65.7 Å². The number of hydrogen-bond acceptors (Lipinski definition) is 3. The summed E-state index contributed by atoms with van der Waals surface area (Å²) in [6.07, 6.45) is 0.406. The third kappa shape index (κ3) is 2.88. The van der Waals surface area contributed by atoms with Crippen LogP contribution in [0.15, 0.2) is 59.5 Å². The molecule has 0 aliphatic rings. The summed E-state index contributed by atoms with van der Waals surface area (Å²) in [7, 11) is -3.68. The first-order chi connectivity index (χ1) is 9.55. The Balaban J connectivity index is 2.48. The van der Waals surface area contributed by atoms with Crippen molar-refractivity contribution < 1.29 is 13.2 Å². The smallest absolute Gasteiger partial charge is 0.208 e. The number of carbonyl (C=O) groups excluding carboxylic acids is 1. The van der Waals surface area contributed by atoms with Gasteiger partial charge in [0.05, 0.1) is 4.90 Å². The molecule has 0 saturated carbocycles. The lowest BCUT2D eigenvalue weighted by Gasteiger charge is -2.17. The summed E-state index contributed by atoms with van der Waals surface area (Å²) in [5.41, 5.74) is 1.50. The van der Waals surface area contributed by atoms with Crippen molar-refractivity contribution in [2.45, 2.75) is 17.2 Å². The number of aryl methyl sites for hydroxylation is 1. The zero-order valence-electron chi connectivity index (χ0n) is 11.0. The Morgan fingerprint density at radius 2 is 1.60 bits per heavy atom. The normalized spacial score (nSPS) is 12.7. The van der Waals surface area contributed by atoms with Crippen LogP contribution in [-0.2, 0) is 14.6 Å². The van der Waals surface area contributed by atoms with Crippen molar-refractivity contribution >= 4 is 16.2 Å². The Hall–Kier alpha value is -2.14. The van der Waals surface area contributed by atoms with Gasteiger partial charge in [0.25, 0.3) is 0 Å². The van der Waals surface area contributed by atoms with E-state index in [2.05, 4.69) is 5.32 Å². The molecule has 104 valence electrons. The topological polar surface area (TPSA) is 63.2 Å². The number of amides is 1. The van der Waals surface area contributed by atoms with Crippen LogP contribution in [0.5, 0.6) is 0 Å². The standard InChI is InChI=1S/C15H15NO3S/c1-12-7-9-14(10-8-12)20(18,19)15(16-11-17)13-5-3-2-4-6-13/h2-11,15H,1H3,(H,16,17)/t15-/m1/s1. The molecule has 0 aliphatic heterocycles. The predicted octanol–water partition coefficient (Wildman–Crippen LogP) is 2.21. The molecular formula is C15H15NO3S. The fourth-order valence-corrected chi connectivity index (χ4v) is 3.46. The number of sulfone groups is 1. The maximum absolute atomic E-state index is 12.6. The molecule has 1 N–H and O–H groups in total. The van der Waals surface area contributed by atoms with Gasteiger partial charge in [0, 0.05) is 0 Å². The van der Waals surface area contributed by atoms with Gasteiger partial charge in [-0.3, -0.25) is 4.79 Å². The van der Waals surface area contributed by atoms with E-state index in [-0.39, 0.29) is 4.90 Å². The highest BCUT2D eigenvalue weighted by Crippen LogP contribution is 2.26. The lowest BCUT2D eigenvalue weighted by Crippen LogP contribution is -2.27. The summed E-state index contributed by atoms with van der Waals surface area (Å²) in [6.45, 7) is 1.88. The van der Waals surface area contributed by atoms with E-state index in [9.17, 15) is 13.2 Å². The Labute approximate surface area is 118 Å². The zero-order valence-corrected chi connectivity index (χ0v) is 11.8. The fourth-order valence-electron chi connectivity index (χ4n) is 1.92. The van der Waals surface area contributed by atoms with E-state index in [0.717, 1.165) is 5.56 Å². The van der Waals surface area contributed by atoms with Crippen LogP contribution in [0.1, 0.15) is 16.5 Å². The van der Waals surface area contributed by atoms with Gasteiger partial charge in [-0.25, -0.2) is 8.42 Å². The molecule has 20 heavy (non-hydrogen) atoms. The molecule has 0 aliphatic carbocycles. The van der Waals surface area contributed by atoms with E-state index in [4.69, 9.17) is 0 Å². The number of carbonyl (C=O) groups is 1. The molecule has 0 unspecified atom stereocenters. The van der Waals surface area contributed by atoms with Gasteiger partial charge >= 0.3 is 0 Å². The van der Waals surface area contributed by atoms with Gasteiger partial charge in [-0.05, 0) is 24.6 Å². The zero-order chi connectivity index (χ0) is 14.6. The SMILES string of the molecule is Cc1ccc(S(=O)(=O)[C@@H](NC=O)c2ccccc2)cc1. The first-order valence-corrected chi connectivity index (χ1v) is 7.65. The number of nitrogens with one attached hydrogen (secondary N) is 1. The molecule has 0 aromatic heterocycles. The summed E-state index contributed by atoms with van der Waals surface area (Å²) in [5.74, 6) is 0. The van der Waals surface area contributed by atoms with Crippen molar-refractivity contribution in [3.63, 3.8) is 0 Å². The molecule has 0 radical (unpaired) electrons. The molecule has 2 rings (SSSR count). The van der Waals surface area contributed by atoms with E-state index in [1.807, 2.05) is 6.92 Å². The first-order valence-electron chi connectivity index (χ1n) is 6.11. The molecule has 1 atom stereocenters. The minimum atomic E-state index is -3.68. The van der Waals surface area contributed by atoms with Crippen LogP contribution in [0.3, 0.4) is 0 Å². The van der Waals surface area contributed by atoms with E-state index < -0.39 is 15.2 Å². The summed E-state index contributed by atoms with van der Waals surface area (Å²) in [4.78, 5) is 10.9. The van der Waals surface area contributed by atoms with Crippen molar-refractivity contribution in [2.75, 3.05) is 0 Å². The molecule has 4 nitrogen and oxygen atoms in total. The average Bonchev–Trinajstić information content (AvgIpc) is 2.46. The van der Waals surface area contributed by atoms with Gasteiger partial charge in [0.15, 0.2) is 5.37 Å². The van der Waals surface area contributed by atoms with E-state index in [0.29, 0.717) is 12.0 Å². The molecule has 0 heterocycles. The summed E-state index contributed by atoms with van der Waals surface area (Å²) in [6, 6.07) is 15.2. The molecule has 0 spiro atoms. The molecule has 5 heteroatoms. The Morgan fingerprint density at radius 1 is 1.00 bits per heavy atom. The molecule has 0 fully saturated rings. The van der Waals surface area contributed by atoms with Crippen LogP contribution < -0.4 is 5.32 Å². The highest BCUT2D eigenvalue weighted by molar-refractivity contribution is 7.91. The lowest BCUT2D eigenvalue weighted by atomic mass is 10.2. The number of hydrogen-bond donors (Lipinski definition) is 1. The summed E-state index contributed by atoms with van der Waals surface area (Å²) < 4.78 is 25.2. The second-order valence-corrected chi connectivity index (χ2v) is 6.47. The minimum Gasteiger partial charge on any atom is -0.338 e. The summed E-state index contributed by atoms with van der Waals surface area (Å²) in [5, 5.41) is 1.30. The van der Waals surface area contributed by atoms with Crippen LogP contribution in [0.25, 0.3) is 0 Å². The maximum atomic E-state index is 12.6. The first kappa shape index (κ1) is 14.3. The Morgan fingerprint density at radius 3 is 2.15 bits per heavy atom. The minimum absolute atomic E-state index is 0.186. The molecular weight excluding hydrogens is 274 g/mol. The fraction of sp³-hybridized carbons (Fsp3) is 0.133. The average molecular weight is 289 g/mol. The largest absolute Gasteiger partial charge is 0.338 e. The molecule has 0 saturated heterocycles. The van der Waals surface area contributed by atoms with Crippen molar-refractivity contribution in [2.24, 2.45) is 0 Å². The van der Waals surface area contributed by atoms with Crippen LogP contribution in [0.4, 0.5) is 0 Å². The van der Waals surface area contributed by atoms with E-state index in [1.54, 1.807) is 54.6 Å². The quantitative estimate of drug-likeness (QED) is 0.858. The molecule has 1 amide bonds. The van der Waals surface area contributed by atoms with E-state index in [1.165, 1.54) is 0 Å². The van der Waals surface area contributed by atoms with Crippen LogP contribution in [0.2, 0.25) is 0 Å². The van der Waals surface area contributed by atoms with Gasteiger partial charge in [-0.15, -0.1) is 0 Å². The molecule has 0 bridgehead atoms. The maximum Gasteiger partial charge on any atom is 0.208 e. The third-order valence-electron chi connectivity index (χ3n) is 2.98. The predicted molar refractivity (Wildman–Crippen MR) is 76.7 cm³/mol. The second kappa shape index (κ2) is 5.88. The highest BCUT2D eigenvalue weighted by atomic mass is 32.2.